The molecule has 228 valence electrons. The van der Waals surface area contributed by atoms with Gasteiger partial charge in [-0.15, -0.1) is 10.2 Å². The highest BCUT2D eigenvalue weighted by Crippen LogP contribution is 2.38. The van der Waals surface area contributed by atoms with Crippen LogP contribution in [0.15, 0.2) is 89.0 Å². The van der Waals surface area contributed by atoms with Gasteiger partial charge in [-0.05, 0) is 43.2 Å². The van der Waals surface area contributed by atoms with Crippen LogP contribution in [0.3, 0.4) is 0 Å². The maximum atomic E-state index is 13.8. The van der Waals surface area contributed by atoms with Gasteiger partial charge in [0.2, 0.25) is 5.91 Å². The van der Waals surface area contributed by atoms with Crippen molar-refractivity contribution in [2.75, 3.05) is 20.0 Å². The first-order valence-electron chi connectivity index (χ1n) is 14.4. The highest BCUT2D eigenvalue weighted by molar-refractivity contribution is 7.99. The van der Waals surface area contributed by atoms with Crippen molar-refractivity contribution in [2.24, 2.45) is 0 Å². The quantitative estimate of drug-likeness (QED) is 0.196. The summed E-state index contributed by atoms with van der Waals surface area (Å²) in [5.41, 5.74) is 1.64. The van der Waals surface area contributed by atoms with E-state index in [0.717, 1.165) is 25.7 Å². The number of hydrogen-bond donors (Lipinski definition) is 1. The molecule has 1 N–H and O–H groups in total. The van der Waals surface area contributed by atoms with Crippen molar-refractivity contribution in [2.45, 2.75) is 48.2 Å². The van der Waals surface area contributed by atoms with Gasteiger partial charge in [0.25, 0.3) is 10.0 Å². The first kappa shape index (κ1) is 29.8. The number of carbonyl (C=O) groups excluding carboxylic acids is 1. The molecule has 0 atom stereocenters. The van der Waals surface area contributed by atoms with Crippen molar-refractivity contribution < 1.29 is 22.7 Å². The second kappa shape index (κ2) is 12.7. The number of ether oxygens (including phenoxy) is 2. The summed E-state index contributed by atoms with van der Waals surface area (Å²) in [6.45, 7) is 0. The van der Waals surface area contributed by atoms with Crippen molar-refractivity contribution in [3.8, 4) is 28.6 Å². The lowest BCUT2D eigenvalue weighted by molar-refractivity contribution is -0.119. The van der Waals surface area contributed by atoms with E-state index in [4.69, 9.17) is 9.47 Å². The van der Waals surface area contributed by atoms with E-state index in [-0.39, 0.29) is 22.6 Å². The van der Waals surface area contributed by atoms with Crippen LogP contribution in [0, 0.1) is 0 Å². The molecule has 44 heavy (non-hydrogen) atoms. The normalized spacial score (nSPS) is 14.0. The van der Waals surface area contributed by atoms with Crippen molar-refractivity contribution >= 4 is 38.6 Å². The minimum absolute atomic E-state index is 0.0684. The van der Waals surface area contributed by atoms with E-state index in [1.165, 1.54) is 22.2 Å². The minimum atomic E-state index is -3.93. The molecule has 1 saturated carbocycles. The zero-order chi connectivity index (χ0) is 30.7. The molecule has 12 heteroatoms. The molecule has 0 bridgehead atoms. The molecule has 0 radical (unpaired) electrons. The zero-order valence-electron chi connectivity index (χ0n) is 24.5. The van der Waals surface area contributed by atoms with E-state index in [2.05, 4.69) is 15.5 Å². The van der Waals surface area contributed by atoms with Gasteiger partial charge in [-0.3, -0.25) is 9.36 Å². The van der Waals surface area contributed by atoms with Crippen LogP contribution in [-0.4, -0.2) is 59.1 Å². The number of methoxy groups -OCH3 is 2. The molecule has 1 amide bonds. The molecular formula is C32H33N5O5S2. The fourth-order valence-electron chi connectivity index (χ4n) is 5.61. The Morgan fingerprint density at radius 2 is 1.70 bits per heavy atom. The SMILES string of the molecule is COc1ccc(OC)c(-n2c(SCC(=O)NC3CCCCC3)nnc2-c2cn(S(=O)(=O)c3ccccc3)c3ccccc23)c1. The van der Waals surface area contributed by atoms with E-state index in [1.54, 1.807) is 85.6 Å². The predicted octanol–water partition coefficient (Wildman–Crippen LogP) is 5.68. The lowest BCUT2D eigenvalue weighted by atomic mass is 9.95. The number of benzene rings is 3. The zero-order valence-corrected chi connectivity index (χ0v) is 26.1. The molecule has 6 rings (SSSR count). The van der Waals surface area contributed by atoms with Gasteiger partial charge in [-0.1, -0.05) is 67.4 Å². The van der Waals surface area contributed by atoms with Gasteiger partial charge in [-0.25, -0.2) is 12.4 Å². The number of rotatable bonds is 10. The number of thioether (sulfide) groups is 1. The summed E-state index contributed by atoms with van der Waals surface area (Å²) in [6, 6.07) is 21.1. The minimum Gasteiger partial charge on any atom is -0.497 e. The van der Waals surface area contributed by atoms with Gasteiger partial charge >= 0.3 is 0 Å². The third kappa shape index (κ3) is 5.79. The molecule has 3 aromatic carbocycles. The van der Waals surface area contributed by atoms with Crippen molar-refractivity contribution in [1.29, 1.82) is 0 Å². The first-order chi connectivity index (χ1) is 21.4. The standard InChI is InChI=1S/C32H33N5O5S2/c1-41-23-17-18-29(42-2)28(19-23)37-31(34-35-32(37)43-21-30(38)33-22-11-5-3-6-12-22)26-20-36(27-16-10-9-15-25(26)27)44(39,40)24-13-7-4-8-14-24/h4,7-10,13-20,22H,3,5-6,11-12,21H2,1-2H3,(H,33,38). The van der Waals surface area contributed by atoms with Gasteiger partial charge in [0, 0.05) is 29.3 Å². The monoisotopic (exact) mass is 631 g/mol. The van der Waals surface area contributed by atoms with Crippen LogP contribution in [0.2, 0.25) is 0 Å². The van der Waals surface area contributed by atoms with Crippen LogP contribution < -0.4 is 14.8 Å². The molecule has 0 spiro atoms. The number of carbonyl (C=O) groups is 1. The number of amides is 1. The molecule has 1 aliphatic rings. The fraction of sp³-hybridized carbons (Fsp3) is 0.281. The van der Waals surface area contributed by atoms with Crippen molar-refractivity contribution in [1.82, 2.24) is 24.1 Å². The van der Waals surface area contributed by atoms with Crippen molar-refractivity contribution in [3.05, 3.63) is 79.0 Å². The van der Waals surface area contributed by atoms with Gasteiger partial charge in [0.15, 0.2) is 11.0 Å². The van der Waals surface area contributed by atoms with Crippen LogP contribution in [0.1, 0.15) is 32.1 Å². The van der Waals surface area contributed by atoms with E-state index in [0.29, 0.717) is 44.6 Å². The maximum Gasteiger partial charge on any atom is 0.268 e. The fourth-order valence-corrected chi connectivity index (χ4v) is 7.75. The summed E-state index contributed by atoms with van der Waals surface area (Å²) in [6.07, 6.45) is 7.02. The lowest BCUT2D eigenvalue weighted by Gasteiger charge is -2.22. The third-order valence-corrected chi connectivity index (χ3v) is 10.4. The summed E-state index contributed by atoms with van der Waals surface area (Å²) < 4.78 is 41.9. The molecule has 1 fully saturated rings. The highest BCUT2D eigenvalue weighted by atomic mass is 32.2. The number of para-hydroxylation sites is 1. The molecule has 10 nitrogen and oxygen atoms in total. The first-order valence-corrected chi connectivity index (χ1v) is 16.8. The van der Waals surface area contributed by atoms with Gasteiger partial charge < -0.3 is 14.8 Å². The number of fused-ring (bicyclic) bond motifs is 1. The summed E-state index contributed by atoms with van der Waals surface area (Å²) in [5, 5.41) is 13.3. The second-order valence-corrected chi connectivity index (χ2v) is 13.3. The smallest absolute Gasteiger partial charge is 0.268 e. The van der Waals surface area contributed by atoms with Crippen LogP contribution in [0.4, 0.5) is 0 Å². The molecule has 1 aliphatic carbocycles. The highest BCUT2D eigenvalue weighted by Gasteiger charge is 2.27. The van der Waals surface area contributed by atoms with Crippen molar-refractivity contribution in [3.63, 3.8) is 0 Å². The molecule has 0 aliphatic heterocycles. The largest absolute Gasteiger partial charge is 0.497 e. The molecular weight excluding hydrogens is 599 g/mol. The Morgan fingerprint density at radius 3 is 2.45 bits per heavy atom. The Hall–Kier alpha value is -4.29. The lowest BCUT2D eigenvalue weighted by Crippen LogP contribution is -2.37. The number of nitrogens with zero attached hydrogens (tertiary/aromatic N) is 4. The average Bonchev–Trinajstić information content (AvgIpc) is 3.66. The Morgan fingerprint density at radius 1 is 0.955 bits per heavy atom. The Bertz CT molecular complexity index is 1900. The summed E-state index contributed by atoms with van der Waals surface area (Å²) >= 11 is 1.26. The molecule has 2 aromatic heterocycles. The van der Waals surface area contributed by atoms with Crippen LogP contribution >= 0.6 is 11.8 Å². The molecule has 5 aromatic rings. The van der Waals surface area contributed by atoms with Gasteiger partial charge in [0.05, 0.1) is 36.1 Å². The maximum absolute atomic E-state index is 13.8. The number of aromatic nitrogens is 4. The van der Waals surface area contributed by atoms with E-state index in [1.807, 2.05) is 12.1 Å². The number of hydrogen-bond acceptors (Lipinski definition) is 8. The topological polar surface area (TPSA) is 117 Å². The Balaban J connectivity index is 1.47. The molecule has 0 saturated heterocycles. The van der Waals surface area contributed by atoms with Crippen LogP contribution in [0.25, 0.3) is 28.0 Å². The Labute approximate surface area is 260 Å². The van der Waals surface area contributed by atoms with E-state index < -0.39 is 10.0 Å². The van der Waals surface area contributed by atoms with Crippen LogP contribution in [0.5, 0.6) is 11.5 Å². The summed E-state index contributed by atoms with van der Waals surface area (Å²) in [4.78, 5) is 13.1. The predicted molar refractivity (Wildman–Crippen MR) is 170 cm³/mol. The van der Waals surface area contributed by atoms with E-state index in [9.17, 15) is 13.2 Å². The van der Waals surface area contributed by atoms with Gasteiger partial charge in [-0.2, -0.15) is 0 Å². The second-order valence-electron chi connectivity index (χ2n) is 10.5. The Kier molecular flexibility index (Phi) is 8.62. The summed E-state index contributed by atoms with van der Waals surface area (Å²) in [7, 11) is -0.783. The molecule has 0 unspecified atom stereocenters. The van der Waals surface area contributed by atoms with Crippen LogP contribution in [-0.2, 0) is 14.8 Å². The third-order valence-electron chi connectivity index (χ3n) is 7.78. The number of nitrogens with one attached hydrogen (secondary N) is 1. The van der Waals surface area contributed by atoms with Gasteiger partial charge in [0.1, 0.15) is 11.5 Å². The van der Waals surface area contributed by atoms with E-state index >= 15 is 0 Å². The molecule has 2 heterocycles. The summed E-state index contributed by atoms with van der Waals surface area (Å²) in [5.74, 6) is 1.58. The average molecular weight is 632 g/mol.